The Balaban J connectivity index is 4.21. The van der Waals surface area contributed by atoms with E-state index in [4.69, 9.17) is 5.73 Å². The van der Waals surface area contributed by atoms with Crippen molar-refractivity contribution in [2.45, 2.75) is 26.3 Å². The van der Waals surface area contributed by atoms with Crippen LogP contribution in [0.2, 0.25) is 0 Å². The predicted octanol–water partition coefficient (Wildman–Crippen LogP) is 0.219. The Kier molecular flexibility index (Phi) is 4.95. The third kappa shape index (κ3) is 3.74. The summed E-state index contributed by atoms with van der Waals surface area (Å²) in [5.41, 5.74) is 4.90. The van der Waals surface area contributed by atoms with Gasteiger partial charge >= 0.3 is 5.97 Å². The molecule has 0 radical (unpaired) electrons. The zero-order valence-electron chi connectivity index (χ0n) is 8.96. The highest BCUT2D eigenvalue weighted by Gasteiger charge is 2.30. The second-order valence-corrected chi connectivity index (χ2v) is 3.37. The molecule has 1 atom stereocenters. The summed E-state index contributed by atoms with van der Waals surface area (Å²) in [7, 11) is 1.36. The molecular formula is C9H20N2O2. The van der Waals surface area contributed by atoms with Crippen molar-refractivity contribution < 1.29 is 9.53 Å². The molecule has 0 aliphatic rings. The summed E-state index contributed by atoms with van der Waals surface area (Å²) in [6.07, 6.45) is 0. The SMILES string of the molecule is CCN(CC)CC(C)(N)C(=O)OC. The van der Waals surface area contributed by atoms with Crippen molar-refractivity contribution in [1.82, 2.24) is 4.90 Å². The van der Waals surface area contributed by atoms with Crippen molar-refractivity contribution in [3.8, 4) is 0 Å². The van der Waals surface area contributed by atoms with Gasteiger partial charge in [-0.1, -0.05) is 13.8 Å². The number of nitrogens with zero attached hydrogens (tertiary/aromatic N) is 1. The van der Waals surface area contributed by atoms with E-state index >= 15 is 0 Å². The van der Waals surface area contributed by atoms with Crippen LogP contribution in [0.25, 0.3) is 0 Å². The van der Waals surface area contributed by atoms with Gasteiger partial charge in [-0.05, 0) is 20.0 Å². The summed E-state index contributed by atoms with van der Waals surface area (Å²) in [5.74, 6) is -0.362. The molecule has 0 aliphatic heterocycles. The highest BCUT2D eigenvalue weighted by atomic mass is 16.5. The van der Waals surface area contributed by atoms with Crippen LogP contribution >= 0.6 is 0 Å². The van der Waals surface area contributed by atoms with Gasteiger partial charge in [0.15, 0.2) is 0 Å². The minimum absolute atomic E-state index is 0.362. The average Bonchev–Trinajstić information content (AvgIpc) is 2.12. The minimum atomic E-state index is -0.902. The summed E-state index contributed by atoms with van der Waals surface area (Å²) in [5, 5.41) is 0. The Morgan fingerprint density at radius 1 is 1.46 bits per heavy atom. The predicted molar refractivity (Wildman–Crippen MR) is 52.4 cm³/mol. The zero-order valence-corrected chi connectivity index (χ0v) is 8.96. The molecule has 0 spiro atoms. The highest BCUT2D eigenvalue weighted by Crippen LogP contribution is 2.04. The molecule has 13 heavy (non-hydrogen) atoms. The summed E-state index contributed by atoms with van der Waals surface area (Å²) < 4.78 is 4.61. The summed E-state index contributed by atoms with van der Waals surface area (Å²) >= 11 is 0. The molecule has 0 aromatic heterocycles. The number of methoxy groups -OCH3 is 1. The van der Waals surface area contributed by atoms with E-state index < -0.39 is 5.54 Å². The number of rotatable bonds is 5. The first-order chi connectivity index (χ1) is 5.97. The standard InChI is InChI=1S/C9H20N2O2/c1-5-11(6-2)7-9(3,10)8(12)13-4/h5-7,10H2,1-4H3. The molecule has 0 saturated heterocycles. The Bertz CT molecular complexity index is 165. The van der Waals surface area contributed by atoms with Gasteiger partial charge < -0.3 is 15.4 Å². The average molecular weight is 188 g/mol. The lowest BCUT2D eigenvalue weighted by molar-refractivity contribution is -0.147. The number of hydrogen-bond donors (Lipinski definition) is 1. The topological polar surface area (TPSA) is 55.6 Å². The Morgan fingerprint density at radius 2 is 1.92 bits per heavy atom. The van der Waals surface area contributed by atoms with Crippen LogP contribution in [0, 0.1) is 0 Å². The normalized spacial score (nSPS) is 15.5. The van der Waals surface area contributed by atoms with Crippen molar-refractivity contribution in [1.29, 1.82) is 0 Å². The van der Waals surface area contributed by atoms with Crippen LogP contribution in [0.15, 0.2) is 0 Å². The molecule has 0 aromatic rings. The number of nitrogens with two attached hydrogens (primary N) is 1. The monoisotopic (exact) mass is 188 g/mol. The van der Waals surface area contributed by atoms with Crippen LogP contribution < -0.4 is 5.73 Å². The zero-order chi connectivity index (χ0) is 10.5. The fourth-order valence-corrected chi connectivity index (χ4v) is 1.21. The van der Waals surface area contributed by atoms with E-state index in [0.717, 1.165) is 13.1 Å². The minimum Gasteiger partial charge on any atom is -0.468 e. The van der Waals surface area contributed by atoms with Gasteiger partial charge in [-0.25, -0.2) is 0 Å². The number of carbonyl (C=O) groups is 1. The van der Waals surface area contributed by atoms with E-state index in [9.17, 15) is 4.79 Å². The van der Waals surface area contributed by atoms with Gasteiger partial charge in [-0.15, -0.1) is 0 Å². The number of carbonyl (C=O) groups excluding carboxylic acids is 1. The van der Waals surface area contributed by atoms with Gasteiger partial charge in [-0.3, -0.25) is 4.79 Å². The van der Waals surface area contributed by atoms with Crippen molar-refractivity contribution in [3.05, 3.63) is 0 Å². The van der Waals surface area contributed by atoms with Crippen molar-refractivity contribution in [2.75, 3.05) is 26.7 Å². The quantitative estimate of drug-likeness (QED) is 0.627. The smallest absolute Gasteiger partial charge is 0.326 e. The largest absolute Gasteiger partial charge is 0.468 e. The molecule has 0 fully saturated rings. The van der Waals surface area contributed by atoms with Crippen LogP contribution in [0.4, 0.5) is 0 Å². The Hall–Kier alpha value is -0.610. The molecule has 0 aromatic carbocycles. The van der Waals surface area contributed by atoms with Gasteiger partial charge in [0, 0.05) is 6.54 Å². The van der Waals surface area contributed by atoms with E-state index in [0.29, 0.717) is 6.54 Å². The maximum absolute atomic E-state index is 11.2. The number of likely N-dealkylation sites (N-methyl/N-ethyl adjacent to an activating group) is 1. The summed E-state index contributed by atoms with van der Waals surface area (Å²) in [6.45, 7) is 8.08. The fourth-order valence-electron chi connectivity index (χ4n) is 1.21. The first kappa shape index (κ1) is 12.4. The third-order valence-corrected chi connectivity index (χ3v) is 2.10. The molecule has 1 unspecified atom stereocenters. The highest BCUT2D eigenvalue weighted by molar-refractivity contribution is 5.80. The molecule has 0 bridgehead atoms. The maximum atomic E-state index is 11.2. The van der Waals surface area contributed by atoms with Crippen molar-refractivity contribution >= 4 is 5.97 Å². The molecule has 0 heterocycles. The lowest BCUT2D eigenvalue weighted by Gasteiger charge is -2.28. The summed E-state index contributed by atoms with van der Waals surface area (Å²) in [4.78, 5) is 13.3. The number of esters is 1. The van der Waals surface area contributed by atoms with Crippen molar-refractivity contribution in [2.24, 2.45) is 5.73 Å². The molecule has 4 heteroatoms. The first-order valence-corrected chi connectivity index (χ1v) is 4.57. The lowest BCUT2D eigenvalue weighted by Crippen LogP contribution is -2.54. The van der Waals surface area contributed by atoms with Crippen LogP contribution in [0.3, 0.4) is 0 Å². The van der Waals surface area contributed by atoms with E-state index in [1.165, 1.54) is 7.11 Å². The second-order valence-electron chi connectivity index (χ2n) is 3.37. The van der Waals surface area contributed by atoms with E-state index in [1.807, 2.05) is 13.8 Å². The Labute approximate surface area is 80.0 Å². The molecule has 2 N–H and O–H groups in total. The molecule has 4 nitrogen and oxygen atoms in total. The molecule has 0 aliphatic carbocycles. The molecule has 0 rings (SSSR count). The van der Waals surface area contributed by atoms with Crippen LogP contribution in [-0.2, 0) is 9.53 Å². The number of ether oxygens (including phenoxy) is 1. The van der Waals surface area contributed by atoms with Crippen LogP contribution in [0.5, 0.6) is 0 Å². The van der Waals surface area contributed by atoms with Crippen LogP contribution in [0.1, 0.15) is 20.8 Å². The molecular weight excluding hydrogens is 168 g/mol. The Morgan fingerprint density at radius 3 is 2.23 bits per heavy atom. The van der Waals surface area contributed by atoms with Crippen LogP contribution in [-0.4, -0.2) is 43.2 Å². The maximum Gasteiger partial charge on any atom is 0.326 e. The van der Waals surface area contributed by atoms with Gasteiger partial charge in [0.25, 0.3) is 0 Å². The van der Waals surface area contributed by atoms with E-state index in [-0.39, 0.29) is 5.97 Å². The molecule has 78 valence electrons. The van der Waals surface area contributed by atoms with Gasteiger partial charge in [0.1, 0.15) is 5.54 Å². The van der Waals surface area contributed by atoms with Crippen molar-refractivity contribution in [3.63, 3.8) is 0 Å². The van der Waals surface area contributed by atoms with E-state index in [2.05, 4.69) is 9.64 Å². The summed E-state index contributed by atoms with van der Waals surface area (Å²) in [6, 6.07) is 0. The third-order valence-electron chi connectivity index (χ3n) is 2.10. The van der Waals surface area contributed by atoms with Gasteiger partial charge in [0.2, 0.25) is 0 Å². The fraction of sp³-hybridized carbons (Fsp3) is 0.889. The van der Waals surface area contributed by atoms with Gasteiger partial charge in [-0.2, -0.15) is 0 Å². The lowest BCUT2D eigenvalue weighted by atomic mass is 10.0. The second kappa shape index (κ2) is 5.19. The first-order valence-electron chi connectivity index (χ1n) is 4.57. The molecule has 0 saturated carbocycles. The van der Waals surface area contributed by atoms with E-state index in [1.54, 1.807) is 6.92 Å². The number of hydrogen-bond acceptors (Lipinski definition) is 4. The molecule has 0 amide bonds. The van der Waals surface area contributed by atoms with Gasteiger partial charge in [0.05, 0.1) is 7.11 Å².